The zero-order valence-corrected chi connectivity index (χ0v) is 11.0. The topological polar surface area (TPSA) is 38.3 Å². The van der Waals surface area contributed by atoms with Gasteiger partial charge < -0.3 is 10.1 Å². The van der Waals surface area contributed by atoms with Crippen molar-refractivity contribution in [3.8, 4) is 5.75 Å². The fraction of sp³-hybridized carbons (Fsp3) is 0.500. The minimum Gasteiger partial charge on any atom is -0.497 e. The van der Waals surface area contributed by atoms with Gasteiger partial charge in [0.1, 0.15) is 5.75 Å². The quantitative estimate of drug-likeness (QED) is 0.797. The van der Waals surface area contributed by atoms with Crippen LogP contribution in [0.4, 0.5) is 0 Å². The minimum atomic E-state index is 0.0557. The molecule has 0 aliphatic heterocycles. The van der Waals surface area contributed by atoms with Crippen LogP contribution in [-0.2, 0) is 0 Å². The summed E-state index contributed by atoms with van der Waals surface area (Å²) in [7, 11) is 1.62. The molecule has 0 fully saturated rings. The number of nitrogens with one attached hydrogen (secondary N) is 1. The average molecular weight is 235 g/mol. The predicted octanol–water partition coefficient (Wildman–Crippen LogP) is 2.66. The molecule has 0 spiro atoms. The van der Waals surface area contributed by atoms with E-state index < -0.39 is 0 Å². The first-order chi connectivity index (χ1) is 7.92. The summed E-state index contributed by atoms with van der Waals surface area (Å²) in [5.41, 5.74) is 0.793. The molecular formula is C14H21NO2. The van der Waals surface area contributed by atoms with Crippen LogP contribution in [0.25, 0.3) is 0 Å². The third-order valence-electron chi connectivity index (χ3n) is 2.42. The lowest BCUT2D eigenvalue weighted by Crippen LogP contribution is -2.37. The standard InChI is InChI=1S/C14H21NO2/c1-14(2,3)15-10-9-13(16)11-5-7-12(17-4)8-6-11/h5-8,15H,9-10H2,1-4H3. The fourth-order valence-corrected chi connectivity index (χ4v) is 1.47. The van der Waals surface area contributed by atoms with Crippen molar-refractivity contribution in [2.24, 2.45) is 0 Å². The highest BCUT2D eigenvalue weighted by molar-refractivity contribution is 5.96. The molecule has 0 aliphatic rings. The molecule has 0 aromatic heterocycles. The van der Waals surface area contributed by atoms with Crippen LogP contribution in [0, 0.1) is 0 Å². The maximum absolute atomic E-state index is 11.8. The second-order valence-electron chi connectivity index (χ2n) is 5.08. The summed E-state index contributed by atoms with van der Waals surface area (Å²) in [6, 6.07) is 7.23. The first kappa shape index (κ1) is 13.7. The van der Waals surface area contributed by atoms with Gasteiger partial charge in [-0.3, -0.25) is 4.79 Å². The van der Waals surface area contributed by atoms with Crippen LogP contribution in [0.5, 0.6) is 5.75 Å². The zero-order chi connectivity index (χ0) is 12.9. The van der Waals surface area contributed by atoms with Gasteiger partial charge in [0.25, 0.3) is 0 Å². The maximum Gasteiger partial charge on any atom is 0.164 e. The van der Waals surface area contributed by atoms with Crippen molar-refractivity contribution in [1.82, 2.24) is 5.32 Å². The summed E-state index contributed by atoms with van der Waals surface area (Å²) >= 11 is 0. The lowest BCUT2D eigenvalue weighted by molar-refractivity contribution is 0.0980. The SMILES string of the molecule is COc1ccc(C(=O)CCNC(C)(C)C)cc1. The van der Waals surface area contributed by atoms with Crippen LogP contribution in [0.15, 0.2) is 24.3 Å². The number of carbonyl (C=O) groups is 1. The number of rotatable bonds is 5. The number of Topliss-reactive ketones (excluding diaryl/α,β-unsaturated/α-hetero) is 1. The first-order valence-corrected chi connectivity index (χ1v) is 5.84. The Balaban J connectivity index is 2.47. The van der Waals surface area contributed by atoms with Gasteiger partial charge in [0, 0.05) is 24.1 Å². The molecule has 0 amide bonds. The Hall–Kier alpha value is -1.35. The number of ketones is 1. The van der Waals surface area contributed by atoms with E-state index in [1.54, 1.807) is 19.2 Å². The number of hydrogen-bond donors (Lipinski definition) is 1. The molecule has 0 aliphatic carbocycles. The van der Waals surface area contributed by atoms with Crippen molar-refractivity contribution < 1.29 is 9.53 Å². The molecule has 1 rings (SSSR count). The third-order valence-corrected chi connectivity index (χ3v) is 2.42. The van der Waals surface area contributed by atoms with E-state index in [4.69, 9.17) is 4.74 Å². The second kappa shape index (κ2) is 5.82. The van der Waals surface area contributed by atoms with Gasteiger partial charge in [0.2, 0.25) is 0 Å². The summed E-state index contributed by atoms with van der Waals surface area (Å²) in [5, 5.41) is 3.30. The highest BCUT2D eigenvalue weighted by Gasteiger charge is 2.10. The monoisotopic (exact) mass is 235 g/mol. The zero-order valence-electron chi connectivity index (χ0n) is 11.0. The molecule has 0 heterocycles. The fourth-order valence-electron chi connectivity index (χ4n) is 1.47. The number of methoxy groups -OCH3 is 1. The van der Waals surface area contributed by atoms with E-state index in [2.05, 4.69) is 26.1 Å². The summed E-state index contributed by atoms with van der Waals surface area (Å²) in [6.45, 7) is 6.97. The highest BCUT2D eigenvalue weighted by Crippen LogP contribution is 2.12. The van der Waals surface area contributed by atoms with Gasteiger partial charge in [-0.15, -0.1) is 0 Å². The Kier molecular flexibility index (Phi) is 4.70. The van der Waals surface area contributed by atoms with Crippen LogP contribution in [-0.4, -0.2) is 25.0 Å². The summed E-state index contributed by atoms with van der Waals surface area (Å²) in [6.07, 6.45) is 0.517. The van der Waals surface area contributed by atoms with Gasteiger partial charge in [0.05, 0.1) is 7.11 Å². The highest BCUT2D eigenvalue weighted by atomic mass is 16.5. The van der Waals surface area contributed by atoms with Crippen LogP contribution in [0.2, 0.25) is 0 Å². The molecular weight excluding hydrogens is 214 g/mol. The molecule has 1 N–H and O–H groups in total. The average Bonchev–Trinajstić information content (AvgIpc) is 2.27. The lowest BCUT2D eigenvalue weighted by atomic mass is 10.1. The Bertz CT molecular complexity index is 363. The number of benzene rings is 1. The Labute approximate surface area is 103 Å². The van der Waals surface area contributed by atoms with Crippen molar-refractivity contribution in [3.05, 3.63) is 29.8 Å². The normalized spacial score (nSPS) is 11.3. The molecule has 0 bridgehead atoms. The molecule has 1 aromatic carbocycles. The Morgan fingerprint density at radius 2 is 1.82 bits per heavy atom. The largest absolute Gasteiger partial charge is 0.497 e. The molecule has 3 heteroatoms. The van der Waals surface area contributed by atoms with Gasteiger partial charge in [0.15, 0.2) is 5.78 Å². The third kappa shape index (κ3) is 5.00. The van der Waals surface area contributed by atoms with E-state index in [1.807, 2.05) is 12.1 Å². The van der Waals surface area contributed by atoms with Crippen molar-refractivity contribution >= 4 is 5.78 Å². The molecule has 0 atom stereocenters. The molecule has 94 valence electrons. The summed E-state index contributed by atoms with van der Waals surface area (Å²) in [4.78, 5) is 11.8. The molecule has 1 aromatic rings. The summed E-state index contributed by atoms with van der Waals surface area (Å²) in [5.74, 6) is 0.929. The lowest BCUT2D eigenvalue weighted by Gasteiger charge is -2.20. The molecule has 3 nitrogen and oxygen atoms in total. The number of carbonyl (C=O) groups excluding carboxylic acids is 1. The first-order valence-electron chi connectivity index (χ1n) is 5.84. The Morgan fingerprint density at radius 3 is 2.29 bits per heavy atom. The van der Waals surface area contributed by atoms with Crippen molar-refractivity contribution in [3.63, 3.8) is 0 Å². The smallest absolute Gasteiger partial charge is 0.164 e. The number of hydrogen-bond acceptors (Lipinski definition) is 3. The van der Waals surface area contributed by atoms with Crippen LogP contribution in [0.1, 0.15) is 37.6 Å². The maximum atomic E-state index is 11.8. The van der Waals surface area contributed by atoms with Gasteiger partial charge in [-0.25, -0.2) is 0 Å². The van der Waals surface area contributed by atoms with E-state index >= 15 is 0 Å². The van der Waals surface area contributed by atoms with Crippen LogP contribution in [0.3, 0.4) is 0 Å². The van der Waals surface area contributed by atoms with E-state index in [0.29, 0.717) is 13.0 Å². The van der Waals surface area contributed by atoms with E-state index in [-0.39, 0.29) is 11.3 Å². The van der Waals surface area contributed by atoms with Crippen molar-refractivity contribution in [1.29, 1.82) is 0 Å². The molecule has 0 radical (unpaired) electrons. The molecule has 0 unspecified atom stereocenters. The van der Waals surface area contributed by atoms with E-state index in [9.17, 15) is 4.79 Å². The van der Waals surface area contributed by atoms with Crippen LogP contribution < -0.4 is 10.1 Å². The van der Waals surface area contributed by atoms with Gasteiger partial charge in [-0.05, 0) is 45.0 Å². The molecule has 0 saturated heterocycles. The van der Waals surface area contributed by atoms with Gasteiger partial charge in [-0.1, -0.05) is 0 Å². The molecule has 0 saturated carbocycles. The van der Waals surface area contributed by atoms with E-state index in [1.165, 1.54) is 0 Å². The van der Waals surface area contributed by atoms with Crippen molar-refractivity contribution in [2.75, 3.05) is 13.7 Å². The summed E-state index contributed by atoms with van der Waals surface area (Å²) < 4.78 is 5.05. The second-order valence-corrected chi connectivity index (χ2v) is 5.08. The molecule has 17 heavy (non-hydrogen) atoms. The minimum absolute atomic E-state index is 0.0557. The van der Waals surface area contributed by atoms with E-state index in [0.717, 1.165) is 11.3 Å². The predicted molar refractivity (Wildman–Crippen MR) is 69.7 cm³/mol. The van der Waals surface area contributed by atoms with Crippen LogP contribution >= 0.6 is 0 Å². The number of ether oxygens (including phenoxy) is 1. The Morgan fingerprint density at radius 1 is 1.24 bits per heavy atom. The van der Waals surface area contributed by atoms with Gasteiger partial charge in [-0.2, -0.15) is 0 Å². The van der Waals surface area contributed by atoms with Gasteiger partial charge >= 0.3 is 0 Å². The van der Waals surface area contributed by atoms with Crippen molar-refractivity contribution in [2.45, 2.75) is 32.7 Å².